The lowest BCUT2D eigenvalue weighted by molar-refractivity contribution is 0.0391. The number of fused-ring (bicyclic) bond motifs is 1. The molecule has 4 rings (SSSR count). The van der Waals surface area contributed by atoms with E-state index in [0.717, 1.165) is 70.0 Å². The molecule has 1 aromatic heterocycles. The fourth-order valence-corrected chi connectivity index (χ4v) is 5.86. The van der Waals surface area contributed by atoms with Crippen LogP contribution in [0.1, 0.15) is 28.4 Å². The maximum Gasteiger partial charge on any atom is 0.261 e. The summed E-state index contributed by atoms with van der Waals surface area (Å²) in [5, 5.41) is 0.776. The summed E-state index contributed by atoms with van der Waals surface area (Å²) < 4.78 is 6.61. The van der Waals surface area contributed by atoms with Gasteiger partial charge in [0.05, 0.1) is 29.0 Å². The number of nitrogens with zero attached hydrogens (tertiary/aromatic N) is 3. The Bertz CT molecular complexity index is 1060. The van der Waals surface area contributed by atoms with Crippen molar-refractivity contribution in [2.45, 2.75) is 25.7 Å². The lowest BCUT2D eigenvalue weighted by Gasteiger charge is -2.29. The smallest absolute Gasteiger partial charge is 0.261 e. The minimum absolute atomic E-state index is 0.0261. The van der Waals surface area contributed by atoms with E-state index in [-0.39, 0.29) is 5.91 Å². The van der Waals surface area contributed by atoms with Crippen molar-refractivity contribution in [3.8, 4) is 0 Å². The molecule has 1 saturated heterocycles. The highest BCUT2D eigenvalue weighted by Gasteiger charge is 2.25. The molecule has 1 amide bonds. The van der Waals surface area contributed by atoms with E-state index in [0.29, 0.717) is 6.54 Å². The Morgan fingerprint density at radius 3 is 2.77 bits per heavy atom. The predicted octanol–water partition coefficient (Wildman–Crippen LogP) is 5.00. The molecule has 7 heteroatoms. The Labute approximate surface area is 192 Å². The zero-order valence-corrected chi connectivity index (χ0v) is 20.0. The monoisotopic (exact) mass is 455 g/mol. The van der Waals surface area contributed by atoms with Crippen LogP contribution in [0.25, 0.3) is 10.2 Å². The fourth-order valence-electron chi connectivity index (χ4n) is 3.89. The molecule has 2 heterocycles. The number of carbonyl (C=O) groups is 1. The number of morpholine rings is 1. The van der Waals surface area contributed by atoms with Crippen LogP contribution in [0.3, 0.4) is 0 Å². The molecule has 3 aromatic rings. The summed E-state index contributed by atoms with van der Waals surface area (Å²) >= 11 is 3.31. The molecule has 0 atom stereocenters. The summed E-state index contributed by atoms with van der Waals surface area (Å²) in [6, 6.07) is 12.2. The number of thiazole rings is 1. The molecule has 0 bridgehead atoms. The highest BCUT2D eigenvalue weighted by atomic mass is 32.2. The number of anilines is 1. The molecule has 0 radical (unpaired) electrons. The van der Waals surface area contributed by atoms with Crippen LogP contribution in [0.15, 0.2) is 41.3 Å². The van der Waals surface area contributed by atoms with Crippen molar-refractivity contribution in [1.29, 1.82) is 0 Å². The van der Waals surface area contributed by atoms with Gasteiger partial charge in [0.1, 0.15) is 0 Å². The molecule has 2 aromatic carbocycles. The van der Waals surface area contributed by atoms with Crippen LogP contribution >= 0.6 is 23.1 Å². The van der Waals surface area contributed by atoms with Crippen molar-refractivity contribution in [1.82, 2.24) is 9.88 Å². The number of benzene rings is 2. The van der Waals surface area contributed by atoms with Crippen LogP contribution in [-0.2, 0) is 4.74 Å². The summed E-state index contributed by atoms with van der Waals surface area (Å²) in [4.78, 5) is 24.0. The Morgan fingerprint density at radius 2 is 2.00 bits per heavy atom. The molecular weight excluding hydrogens is 426 g/mol. The van der Waals surface area contributed by atoms with Crippen LogP contribution in [-0.4, -0.2) is 60.9 Å². The van der Waals surface area contributed by atoms with E-state index >= 15 is 0 Å². The van der Waals surface area contributed by atoms with Crippen LogP contribution in [0.4, 0.5) is 5.13 Å². The molecular formula is C24H29N3O2S2. The topological polar surface area (TPSA) is 45.7 Å². The van der Waals surface area contributed by atoms with E-state index < -0.39 is 0 Å². The summed E-state index contributed by atoms with van der Waals surface area (Å²) in [5.41, 5.74) is 4.12. The predicted molar refractivity (Wildman–Crippen MR) is 131 cm³/mol. The van der Waals surface area contributed by atoms with Crippen molar-refractivity contribution in [3.05, 3.63) is 53.1 Å². The van der Waals surface area contributed by atoms with E-state index in [2.05, 4.69) is 37.8 Å². The molecule has 0 unspecified atom stereocenters. The van der Waals surface area contributed by atoms with Gasteiger partial charge < -0.3 is 4.74 Å². The number of carbonyl (C=O) groups excluding carboxylic acids is 1. The van der Waals surface area contributed by atoms with Gasteiger partial charge in [-0.2, -0.15) is 0 Å². The normalized spacial score (nSPS) is 14.8. The molecule has 1 aliphatic rings. The second-order valence-corrected chi connectivity index (χ2v) is 10.1. The minimum atomic E-state index is 0.0261. The van der Waals surface area contributed by atoms with Crippen molar-refractivity contribution >= 4 is 44.4 Å². The lowest BCUT2D eigenvalue weighted by atomic mass is 10.1. The van der Waals surface area contributed by atoms with Crippen LogP contribution in [0.2, 0.25) is 0 Å². The SMILES string of the molecule is CCSc1ccccc1C(=O)N(CCN1CCOCC1)c1nc2c(C)cc(C)cc2s1. The number of hydrogen-bond acceptors (Lipinski definition) is 6. The van der Waals surface area contributed by atoms with Crippen molar-refractivity contribution in [2.75, 3.05) is 50.0 Å². The average molecular weight is 456 g/mol. The van der Waals surface area contributed by atoms with E-state index in [1.165, 1.54) is 5.56 Å². The zero-order chi connectivity index (χ0) is 21.8. The quantitative estimate of drug-likeness (QED) is 0.469. The summed E-state index contributed by atoms with van der Waals surface area (Å²) in [5.74, 6) is 0.954. The third-order valence-electron chi connectivity index (χ3n) is 5.46. The number of thioether (sulfide) groups is 1. The van der Waals surface area contributed by atoms with Gasteiger partial charge in [0, 0.05) is 31.1 Å². The molecule has 1 aliphatic heterocycles. The fraction of sp³-hybridized carbons (Fsp3) is 0.417. The molecule has 0 N–H and O–H groups in total. The van der Waals surface area contributed by atoms with Gasteiger partial charge in [-0.1, -0.05) is 36.5 Å². The van der Waals surface area contributed by atoms with Crippen LogP contribution in [0.5, 0.6) is 0 Å². The Balaban J connectivity index is 1.69. The Kier molecular flexibility index (Phi) is 7.27. The van der Waals surface area contributed by atoms with Gasteiger partial charge in [0.15, 0.2) is 5.13 Å². The molecule has 164 valence electrons. The van der Waals surface area contributed by atoms with E-state index in [9.17, 15) is 4.79 Å². The molecule has 5 nitrogen and oxygen atoms in total. The number of amides is 1. The number of rotatable bonds is 7. The first-order valence-corrected chi connectivity index (χ1v) is 12.6. The largest absolute Gasteiger partial charge is 0.379 e. The van der Waals surface area contributed by atoms with Crippen molar-refractivity contribution in [2.24, 2.45) is 0 Å². The van der Waals surface area contributed by atoms with Gasteiger partial charge in [-0.15, -0.1) is 11.8 Å². The Hall–Kier alpha value is -1.93. The van der Waals surface area contributed by atoms with Gasteiger partial charge >= 0.3 is 0 Å². The van der Waals surface area contributed by atoms with Gasteiger partial charge in [-0.3, -0.25) is 14.6 Å². The van der Waals surface area contributed by atoms with E-state index in [4.69, 9.17) is 9.72 Å². The van der Waals surface area contributed by atoms with Gasteiger partial charge in [0.2, 0.25) is 0 Å². The van der Waals surface area contributed by atoms with E-state index in [1.54, 1.807) is 23.1 Å². The standard InChI is InChI=1S/C24H29N3O2S2/c1-4-30-20-8-6-5-7-19(20)23(28)27(10-9-26-11-13-29-14-12-26)24-25-22-18(3)15-17(2)16-21(22)31-24/h5-8,15-16H,4,9-14H2,1-3H3. The van der Waals surface area contributed by atoms with Gasteiger partial charge in [-0.05, 0) is 48.9 Å². The number of hydrogen-bond donors (Lipinski definition) is 0. The zero-order valence-electron chi connectivity index (χ0n) is 18.4. The van der Waals surface area contributed by atoms with Crippen LogP contribution in [0, 0.1) is 13.8 Å². The minimum Gasteiger partial charge on any atom is -0.379 e. The van der Waals surface area contributed by atoms with Crippen molar-refractivity contribution in [3.63, 3.8) is 0 Å². The first-order chi connectivity index (χ1) is 15.1. The molecule has 1 fully saturated rings. The molecule has 0 saturated carbocycles. The first-order valence-electron chi connectivity index (χ1n) is 10.8. The number of aryl methyl sites for hydroxylation is 2. The number of aromatic nitrogens is 1. The molecule has 31 heavy (non-hydrogen) atoms. The third-order valence-corrected chi connectivity index (χ3v) is 7.44. The summed E-state index contributed by atoms with van der Waals surface area (Å²) in [7, 11) is 0. The second-order valence-electron chi connectivity index (χ2n) is 7.76. The highest BCUT2D eigenvalue weighted by molar-refractivity contribution is 7.99. The highest BCUT2D eigenvalue weighted by Crippen LogP contribution is 2.33. The van der Waals surface area contributed by atoms with E-state index in [1.807, 2.05) is 29.2 Å². The van der Waals surface area contributed by atoms with Gasteiger partial charge in [0.25, 0.3) is 5.91 Å². The third kappa shape index (κ3) is 5.12. The average Bonchev–Trinajstić information content (AvgIpc) is 3.19. The maximum atomic E-state index is 13.8. The summed E-state index contributed by atoms with van der Waals surface area (Å²) in [6.07, 6.45) is 0. The first kappa shape index (κ1) is 22.3. The maximum absolute atomic E-state index is 13.8. The van der Waals surface area contributed by atoms with Crippen LogP contribution < -0.4 is 4.90 Å². The second kappa shape index (κ2) is 10.1. The lowest BCUT2D eigenvalue weighted by Crippen LogP contribution is -2.43. The summed E-state index contributed by atoms with van der Waals surface area (Å²) in [6.45, 7) is 11.0. The molecule has 0 spiro atoms. The molecule has 0 aliphatic carbocycles. The van der Waals surface area contributed by atoms with Crippen molar-refractivity contribution < 1.29 is 9.53 Å². The van der Waals surface area contributed by atoms with Gasteiger partial charge in [-0.25, -0.2) is 4.98 Å². The number of ether oxygens (including phenoxy) is 1. The Morgan fingerprint density at radius 1 is 1.23 bits per heavy atom.